The van der Waals surface area contributed by atoms with Gasteiger partial charge in [0.05, 0.1) is 18.1 Å². The van der Waals surface area contributed by atoms with E-state index in [9.17, 15) is 0 Å². The van der Waals surface area contributed by atoms with Gasteiger partial charge in [-0.15, -0.1) is 0 Å². The average Bonchev–Trinajstić information content (AvgIpc) is 3.17. The molecule has 1 fully saturated rings. The number of rotatable bonds is 6. The molecule has 0 unspecified atom stereocenters. The Balaban J connectivity index is 1.70. The van der Waals surface area contributed by atoms with Crippen molar-refractivity contribution in [2.45, 2.75) is 32.0 Å². The molecule has 1 aliphatic carbocycles. The minimum absolute atomic E-state index is 0.704. The molecule has 1 heterocycles. The molecule has 1 saturated carbocycles. The molecule has 4 nitrogen and oxygen atoms in total. The molecule has 0 atom stereocenters. The molecular weight excluding hydrogens is 318 g/mol. The summed E-state index contributed by atoms with van der Waals surface area (Å²) in [5.41, 5.74) is 1.23. The number of benzene rings is 1. The van der Waals surface area contributed by atoms with Gasteiger partial charge in [-0.3, -0.25) is 0 Å². The summed E-state index contributed by atoms with van der Waals surface area (Å²) in [7, 11) is 1.68. The highest BCUT2D eigenvalue weighted by Gasteiger charge is 2.20. The van der Waals surface area contributed by atoms with Crippen molar-refractivity contribution >= 4 is 15.9 Å². The molecule has 5 heteroatoms. The number of nitrogens with one attached hydrogen (secondary N) is 1. The van der Waals surface area contributed by atoms with E-state index >= 15 is 0 Å². The molecule has 0 radical (unpaired) electrons. The second kappa shape index (κ2) is 5.97. The molecule has 20 heavy (non-hydrogen) atoms. The minimum atomic E-state index is 0.704. The average molecular weight is 336 g/mol. The number of halogens is 1. The molecule has 2 aromatic rings. The number of imidazole rings is 1. The maximum Gasteiger partial charge on any atom is 0.133 e. The van der Waals surface area contributed by atoms with Crippen molar-refractivity contribution in [3.05, 3.63) is 46.5 Å². The Morgan fingerprint density at radius 3 is 3.00 bits per heavy atom. The van der Waals surface area contributed by atoms with Crippen LogP contribution < -0.4 is 10.1 Å². The molecule has 0 aliphatic heterocycles. The molecule has 0 amide bonds. The fraction of sp³-hybridized carbons (Fsp3) is 0.400. The Bertz CT molecular complexity index is 593. The van der Waals surface area contributed by atoms with Crippen LogP contribution in [-0.2, 0) is 13.1 Å². The quantitative estimate of drug-likeness (QED) is 0.882. The van der Waals surface area contributed by atoms with Gasteiger partial charge in [-0.05, 0) is 46.5 Å². The molecule has 3 rings (SSSR count). The van der Waals surface area contributed by atoms with Crippen LogP contribution in [0.2, 0.25) is 0 Å². The predicted molar refractivity (Wildman–Crippen MR) is 81.9 cm³/mol. The first kappa shape index (κ1) is 13.6. The van der Waals surface area contributed by atoms with Gasteiger partial charge in [0.15, 0.2) is 0 Å². The van der Waals surface area contributed by atoms with Gasteiger partial charge in [-0.1, -0.05) is 6.07 Å². The van der Waals surface area contributed by atoms with Crippen molar-refractivity contribution in [3.63, 3.8) is 0 Å². The summed E-state index contributed by atoms with van der Waals surface area (Å²) in [5, 5.41) is 3.50. The Morgan fingerprint density at radius 2 is 2.30 bits per heavy atom. The summed E-state index contributed by atoms with van der Waals surface area (Å²) < 4.78 is 8.42. The summed E-state index contributed by atoms with van der Waals surface area (Å²) in [5.74, 6) is 1.94. The highest BCUT2D eigenvalue weighted by molar-refractivity contribution is 9.10. The van der Waals surface area contributed by atoms with Crippen molar-refractivity contribution in [2.75, 3.05) is 7.11 Å². The lowest BCUT2D eigenvalue weighted by atomic mass is 10.2. The number of nitrogens with zero attached hydrogens (tertiary/aromatic N) is 2. The topological polar surface area (TPSA) is 39.1 Å². The van der Waals surface area contributed by atoms with Crippen LogP contribution >= 0.6 is 15.9 Å². The molecule has 0 saturated heterocycles. The first-order valence-corrected chi connectivity index (χ1v) is 7.61. The van der Waals surface area contributed by atoms with Gasteiger partial charge in [-0.25, -0.2) is 4.98 Å². The predicted octanol–water partition coefficient (Wildman–Crippen LogP) is 2.95. The first-order valence-electron chi connectivity index (χ1n) is 6.82. The second-order valence-electron chi connectivity index (χ2n) is 5.10. The lowest BCUT2D eigenvalue weighted by Crippen LogP contribution is -2.19. The van der Waals surface area contributed by atoms with Crippen LogP contribution in [0.3, 0.4) is 0 Å². The van der Waals surface area contributed by atoms with Crippen LogP contribution in [0.25, 0.3) is 0 Å². The zero-order valence-electron chi connectivity index (χ0n) is 11.5. The smallest absolute Gasteiger partial charge is 0.133 e. The zero-order chi connectivity index (χ0) is 13.9. The number of hydrogen-bond donors (Lipinski definition) is 1. The standard InChI is InChI=1S/C15H18BrN3O/c1-20-14-5-2-11(8-13(14)16)10-19-7-6-17-15(19)9-18-12-3-4-12/h2,5-8,12,18H,3-4,9-10H2,1H3. The van der Waals surface area contributed by atoms with E-state index in [2.05, 4.69) is 42.9 Å². The number of hydrogen-bond acceptors (Lipinski definition) is 3. The fourth-order valence-corrected chi connectivity index (χ4v) is 2.77. The van der Waals surface area contributed by atoms with Crippen molar-refractivity contribution in [2.24, 2.45) is 0 Å². The summed E-state index contributed by atoms with van der Waals surface area (Å²) in [6.45, 7) is 1.67. The SMILES string of the molecule is COc1ccc(Cn2ccnc2CNC2CC2)cc1Br. The molecule has 0 bridgehead atoms. The van der Waals surface area contributed by atoms with Crippen LogP contribution in [-0.4, -0.2) is 22.7 Å². The molecule has 0 spiro atoms. The van der Waals surface area contributed by atoms with Gasteiger partial charge in [0.25, 0.3) is 0 Å². The maximum atomic E-state index is 5.25. The van der Waals surface area contributed by atoms with Crippen LogP contribution in [0.15, 0.2) is 35.1 Å². The molecular formula is C15H18BrN3O. The highest BCUT2D eigenvalue weighted by atomic mass is 79.9. The van der Waals surface area contributed by atoms with Crippen LogP contribution in [0.1, 0.15) is 24.2 Å². The molecule has 1 aromatic heterocycles. The maximum absolute atomic E-state index is 5.25. The van der Waals surface area contributed by atoms with E-state index in [4.69, 9.17) is 4.74 Å². The Hall–Kier alpha value is -1.33. The lowest BCUT2D eigenvalue weighted by molar-refractivity contribution is 0.412. The second-order valence-corrected chi connectivity index (χ2v) is 5.95. The van der Waals surface area contributed by atoms with E-state index < -0.39 is 0 Å². The monoisotopic (exact) mass is 335 g/mol. The van der Waals surface area contributed by atoms with Crippen LogP contribution in [0.4, 0.5) is 0 Å². The van der Waals surface area contributed by atoms with Crippen LogP contribution in [0, 0.1) is 0 Å². The third-order valence-corrected chi connectivity index (χ3v) is 4.12. The first-order chi connectivity index (χ1) is 9.76. The van der Waals surface area contributed by atoms with E-state index in [0.717, 1.165) is 29.1 Å². The van der Waals surface area contributed by atoms with Crippen molar-refractivity contribution in [1.29, 1.82) is 0 Å². The van der Waals surface area contributed by atoms with E-state index in [-0.39, 0.29) is 0 Å². The van der Waals surface area contributed by atoms with Gasteiger partial charge >= 0.3 is 0 Å². The van der Waals surface area contributed by atoms with E-state index in [0.29, 0.717) is 6.04 Å². The highest BCUT2D eigenvalue weighted by Crippen LogP contribution is 2.26. The number of methoxy groups -OCH3 is 1. The van der Waals surface area contributed by atoms with E-state index in [1.54, 1.807) is 7.11 Å². The molecule has 1 N–H and O–H groups in total. The van der Waals surface area contributed by atoms with Gasteiger partial charge in [0.1, 0.15) is 11.6 Å². The molecule has 1 aromatic carbocycles. The van der Waals surface area contributed by atoms with Crippen LogP contribution in [0.5, 0.6) is 5.75 Å². The normalized spacial score (nSPS) is 14.5. The number of aromatic nitrogens is 2. The molecule has 1 aliphatic rings. The van der Waals surface area contributed by atoms with Gasteiger partial charge in [0.2, 0.25) is 0 Å². The fourth-order valence-electron chi connectivity index (χ4n) is 2.18. The summed E-state index contributed by atoms with van der Waals surface area (Å²) in [6.07, 6.45) is 6.49. The van der Waals surface area contributed by atoms with E-state index in [1.165, 1.54) is 18.4 Å². The third-order valence-electron chi connectivity index (χ3n) is 3.50. The summed E-state index contributed by atoms with van der Waals surface area (Å²) >= 11 is 3.53. The third kappa shape index (κ3) is 3.22. The largest absolute Gasteiger partial charge is 0.496 e. The van der Waals surface area contributed by atoms with Gasteiger partial charge in [0, 0.05) is 25.0 Å². The van der Waals surface area contributed by atoms with Crippen molar-refractivity contribution in [1.82, 2.24) is 14.9 Å². The molecule has 106 valence electrons. The Morgan fingerprint density at radius 1 is 1.45 bits per heavy atom. The zero-order valence-corrected chi connectivity index (χ0v) is 13.1. The van der Waals surface area contributed by atoms with Gasteiger partial charge in [-0.2, -0.15) is 0 Å². The Kier molecular flexibility index (Phi) is 4.08. The van der Waals surface area contributed by atoms with Gasteiger partial charge < -0.3 is 14.6 Å². The lowest BCUT2D eigenvalue weighted by Gasteiger charge is -2.10. The summed E-state index contributed by atoms with van der Waals surface area (Å²) in [4.78, 5) is 4.43. The minimum Gasteiger partial charge on any atom is -0.496 e. The van der Waals surface area contributed by atoms with Crippen molar-refractivity contribution in [3.8, 4) is 5.75 Å². The summed E-state index contributed by atoms with van der Waals surface area (Å²) in [6, 6.07) is 6.87. The van der Waals surface area contributed by atoms with E-state index in [1.807, 2.05) is 18.5 Å². The number of ether oxygens (including phenoxy) is 1. The van der Waals surface area contributed by atoms with Crippen molar-refractivity contribution < 1.29 is 4.74 Å². The Labute approximate surface area is 127 Å².